The number of halogens is 2. The molecule has 0 spiro atoms. The van der Waals surface area contributed by atoms with Crippen molar-refractivity contribution in [3.63, 3.8) is 0 Å². The Bertz CT molecular complexity index is 1220. The highest BCUT2D eigenvalue weighted by Gasteiger charge is 2.36. The van der Waals surface area contributed by atoms with Crippen LogP contribution in [0.3, 0.4) is 0 Å². The Kier molecular flexibility index (Phi) is 5.95. The molecular weight excluding hydrogens is 440 g/mol. The average Bonchev–Trinajstić information content (AvgIpc) is 3.19. The van der Waals surface area contributed by atoms with E-state index in [-0.39, 0.29) is 42.5 Å². The van der Waals surface area contributed by atoms with Crippen molar-refractivity contribution in [1.29, 1.82) is 0 Å². The first-order valence-electron chi connectivity index (χ1n) is 10.1. The Morgan fingerprint density at radius 3 is 2.69 bits per heavy atom. The lowest BCUT2D eigenvalue weighted by molar-refractivity contribution is 0.0101. The molecule has 0 radical (unpaired) electrons. The van der Waals surface area contributed by atoms with E-state index < -0.39 is 21.9 Å². The highest BCUT2D eigenvalue weighted by molar-refractivity contribution is 7.91. The van der Waals surface area contributed by atoms with Gasteiger partial charge in [0, 0.05) is 23.6 Å². The lowest BCUT2D eigenvalue weighted by atomic mass is 9.97. The molecule has 2 aromatic heterocycles. The minimum atomic E-state index is -3.08. The van der Waals surface area contributed by atoms with Crippen LogP contribution in [0, 0.1) is 6.92 Å². The molecule has 2 N–H and O–H groups in total. The number of benzene rings is 1. The topological polar surface area (TPSA) is 110 Å². The number of hydrogen-bond acceptors (Lipinski definition) is 7. The number of alkyl halides is 2. The number of aliphatic hydroxyl groups is 1. The largest absolute Gasteiger partial charge is 0.388 e. The van der Waals surface area contributed by atoms with Crippen molar-refractivity contribution in [1.82, 2.24) is 19.7 Å². The van der Waals surface area contributed by atoms with Crippen LogP contribution in [-0.2, 0) is 16.4 Å². The fourth-order valence-electron chi connectivity index (χ4n) is 3.68. The lowest BCUT2D eigenvalue weighted by Gasteiger charge is -2.31. The van der Waals surface area contributed by atoms with E-state index in [0.29, 0.717) is 5.69 Å². The molecule has 4 rings (SSSR count). The van der Waals surface area contributed by atoms with Gasteiger partial charge in [-0.1, -0.05) is 6.07 Å². The third-order valence-corrected chi connectivity index (χ3v) is 7.07. The SMILES string of the molecule is Cc1cc(Nc2nccc(C(F)F)n2)cc(-c2cnn(CC3(O)CCS(=O)(=O)CC3)c2)c1. The maximum absolute atomic E-state index is 12.9. The lowest BCUT2D eigenvalue weighted by Crippen LogP contribution is -2.42. The van der Waals surface area contributed by atoms with Gasteiger partial charge in [-0.25, -0.2) is 27.2 Å². The van der Waals surface area contributed by atoms with Crippen LogP contribution in [-0.4, -0.2) is 50.4 Å². The van der Waals surface area contributed by atoms with Crippen molar-refractivity contribution in [2.24, 2.45) is 0 Å². The Balaban J connectivity index is 1.52. The second kappa shape index (κ2) is 8.55. The molecule has 170 valence electrons. The van der Waals surface area contributed by atoms with Gasteiger partial charge in [-0.05, 0) is 49.1 Å². The van der Waals surface area contributed by atoms with Gasteiger partial charge in [0.15, 0.2) is 9.84 Å². The number of rotatable bonds is 6. The van der Waals surface area contributed by atoms with Crippen LogP contribution in [0.1, 0.15) is 30.5 Å². The molecule has 8 nitrogen and oxygen atoms in total. The van der Waals surface area contributed by atoms with Crippen LogP contribution >= 0.6 is 0 Å². The summed E-state index contributed by atoms with van der Waals surface area (Å²) < 4.78 is 50.7. The fraction of sp³-hybridized carbons (Fsp3) is 0.381. The van der Waals surface area contributed by atoms with Gasteiger partial charge in [-0.3, -0.25) is 4.68 Å². The number of aromatic nitrogens is 4. The van der Waals surface area contributed by atoms with Gasteiger partial charge in [0.2, 0.25) is 5.95 Å². The highest BCUT2D eigenvalue weighted by Crippen LogP contribution is 2.29. The number of aryl methyl sites for hydroxylation is 1. The molecule has 1 aromatic carbocycles. The first-order valence-corrected chi connectivity index (χ1v) is 11.9. The zero-order valence-corrected chi connectivity index (χ0v) is 18.2. The summed E-state index contributed by atoms with van der Waals surface area (Å²) in [6, 6.07) is 6.79. The predicted molar refractivity (Wildman–Crippen MR) is 116 cm³/mol. The minimum absolute atomic E-state index is 0.0284. The van der Waals surface area contributed by atoms with Gasteiger partial charge in [0.1, 0.15) is 5.69 Å². The van der Waals surface area contributed by atoms with E-state index >= 15 is 0 Å². The van der Waals surface area contributed by atoms with Crippen molar-refractivity contribution in [3.8, 4) is 11.1 Å². The molecule has 1 saturated heterocycles. The van der Waals surface area contributed by atoms with Crippen LogP contribution in [0.5, 0.6) is 0 Å². The molecule has 0 amide bonds. The van der Waals surface area contributed by atoms with E-state index in [4.69, 9.17) is 0 Å². The molecule has 3 aromatic rings. The fourth-order valence-corrected chi connectivity index (χ4v) is 5.27. The Hall–Kier alpha value is -2.92. The molecule has 1 fully saturated rings. The first-order chi connectivity index (χ1) is 15.1. The van der Waals surface area contributed by atoms with Crippen LogP contribution in [0.15, 0.2) is 42.9 Å². The van der Waals surface area contributed by atoms with Crippen molar-refractivity contribution >= 4 is 21.5 Å². The van der Waals surface area contributed by atoms with Crippen LogP contribution in [0.4, 0.5) is 20.4 Å². The number of nitrogens with zero attached hydrogens (tertiary/aromatic N) is 4. The highest BCUT2D eigenvalue weighted by atomic mass is 32.2. The third-order valence-electron chi connectivity index (χ3n) is 5.41. The monoisotopic (exact) mass is 463 g/mol. The standard InChI is InChI=1S/C21H23F2N5O3S/c1-14-8-15(10-17(9-14)26-20-24-5-2-18(27-20)19(22)23)16-11-25-28(12-16)13-21(29)3-6-32(30,31)7-4-21/h2,5,8-12,19,29H,3-4,6-7,13H2,1H3,(H,24,26,27). The van der Waals surface area contributed by atoms with Crippen LogP contribution < -0.4 is 5.32 Å². The van der Waals surface area contributed by atoms with Gasteiger partial charge in [0.25, 0.3) is 6.43 Å². The number of nitrogens with one attached hydrogen (secondary N) is 1. The van der Waals surface area contributed by atoms with E-state index in [2.05, 4.69) is 20.4 Å². The van der Waals surface area contributed by atoms with Crippen molar-refractivity contribution in [3.05, 3.63) is 54.1 Å². The zero-order valence-electron chi connectivity index (χ0n) is 17.4. The first kappa shape index (κ1) is 22.3. The molecule has 1 aliphatic heterocycles. The summed E-state index contributed by atoms with van der Waals surface area (Å²) in [6.45, 7) is 2.11. The second-order valence-corrected chi connectivity index (χ2v) is 10.4. The molecule has 32 heavy (non-hydrogen) atoms. The average molecular weight is 464 g/mol. The van der Waals surface area contributed by atoms with Crippen LogP contribution in [0.25, 0.3) is 11.1 Å². The van der Waals surface area contributed by atoms with Crippen molar-refractivity contribution in [2.45, 2.75) is 38.3 Å². The quantitative estimate of drug-likeness (QED) is 0.577. The predicted octanol–water partition coefficient (Wildman–Crippen LogP) is 3.27. The Morgan fingerprint density at radius 1 is 1.22 bits per heavy atom. The zero-order chi connectivity index (χ0) is 22.9. The van der Waals surface area contributed by atoms with Crippen molar-refractivity contribution in [2.75, 3.05) is 16.8 Å². The smallest absolute Gasteiger partial charge is 0.280 e. The molecule has 3 heterocycles. The molecular formula is C21H23F2N5O3S. The summed E-state index contributed by atoms with van der Waals surface area (Å²) in [7, 11) is -3.08. The maximum Gasteiger partial charge on any atom is 0.280 e. The summed E-state index contributed by atoms with van der Waals surface area (Å²) >= 11 is 0. The van der Waals surface area contributed by atoms with E-state index in [1.54, 1.807) is 17.1 Å². The molecule has 0 unspecified atom stereocenters. The van der Waals surface area contributed by atoms with E-state index in [0.717, 1.165) is 16.7 Å². The molecule has 0 bridgehead atoms. The van der Waals surface area contributed by atoms with Gasteiger partial charge in [-0.15, -0.1) is 0 Å². The van der Waals surface area contributed by atoms with Gasteiger partial charge in [0.05, 0.1) is 29.8 Å². The normalized spacial score (nSPS) is 17.4. The van der Waals surface area contributed by atoms with E-state index in [1.807, 2.05) is 25.1 Å². The van der Waals surface area contributed by atoms with Gasteiger partial charge in [-0.2, -0.15) is 5.10 Å². The van der Waals surface area contributed by atoms with E-state index in [9.17, 15) is 22.3 Å². The summed E-state index contributed by atoms with van der Waals surface area (Å²) in [5.41, 5.74) is 1.73. The summed E-state index contributed by atoms with van der Waals surface area (Å²) in [5, 5.41) is 18.0. The molecule has 0 saturated carbocycles. The molecule has 11 heteroatoms. The number of sulfone groups is 1. The second-order valence-electron chi connectivity index (χ2n) is 8.12. The van der Waals surface area contributed by atoms with Gasteiger partial charge < -0.3 is 10.4 Å². The summed E-state index contributed by atoms with van der Waals surface area (Å²) in [4.78, 5) is 7.82. The minimum Gasteiger partial charge on any atom is -0.388 e. The van der Waals surface area contributed by atoms with E-state index in [1.165, 1.54) is 12.3 Å². The Morgan fingerprint density at radius 2 is 1.97 bits per heavy atom. The third kappa shape index (κ3) is 5.28. The summed E-state index contributed by atoms with van der Waals surface area (Å²) in [5.74, 6) is 0.0168. The Labute approximate surface area is 184 Å². The van der Waals surface area contributed by atoms with Gasteiger partial charge >= 0.3 is 0 Å². The maximum atomic E-state index is 12.9. The molecule has 0 aliphatic carbocycles. The molecule has 0 atom stereocenters. The van der Waals surface area contributed by atoms with Crippen LogP contribution in [0.2, 0.25) is 0 Å². The number of hydrogen-bond donors (Lipinski definition) is 2. The van der Waals surface area contributed by atoms with Crippen molar-refractivity contribution < 1.29 is 22.3 Å². The number of anilines is 2. The summed E-state index contributed by atoms with van der Waals surface area (Å²) in [6.07, 6.45) is 2.40. The molecule has 1 aliphatic rings.